The molecule has 0 amide bonds. The fourth-order valence-electron chi connectivity index (χ4n) is 2.88. The van der Waals surface area contributed by atoms with Gasteiger partial charge in [0, 0.05) is 58.5 Å². The third kappa shape index (κ3) is 3.51. The molecule has 1 saturated heterocycles. The molecular formula is C16H28N4. The molecule has 1 fully saturated rings. The van der Waals surface area contributed by atoms with Crippen molar-refractivity contribution in [2.24, 2.45) is 5.73 Å². The van der Waals surface area contributed by atoms with E-state index in [0.717, 1.165) is 32.7 Å². The first-order valence-electron chi connectivity index (χ1n) is 7.59. The van der Waals surface area contributed by atoms with Gasteiger partial charge in [0.05, 0.1) is 0 Å². The molecule has 20 heavy (non-hydrogen) atoms. The molecule has 1 unspecified atom stereocenters. The first-order valence-corrected chi connectivity index (χ1v) is 7.59. The van der Waals surface area contributed by atoms with Gasteiger partial charge >= 0.3 is 0 Å². The Morgan fingerprint density at radius 1 is 1.10 bits per heavy atom. The number of benzene rings is 1. The van der Waals surface area contributed by atoms with E-state index in [-0.39, 0.29) is 0 Å². The molecule has 1 aliphatic rings. The van der Waals surface area contributed by atoms with E-state index in [1.807, 2.05) is 0 Å². The summed E-state index contributed by atoms with van der Waals surface area (Å²) in [7, 11) is 4.14. The van der Waals surface area contributed by atoms with Crippen LogP contribution in [-0.2, 0) is 0 Å². The molecule has 1 aromatic carbocycles. The van der Waals surface area contributed by atoms with E-state index in [0.29, 0.717) is 12.6 Å². The zero-order valence-electron chi connectivity index (χ0n) is 13.0. The van der Waals surface area contributed by atoms with Crippen molar-refractivity contribution in [1.29, 1.82) is 0 Å². The van der Waals surface area contributed by atoms with Crippen molar-refractivity contribution in [2.45, 2.75) is 13.0 Å². The van der Waals surface area contributed by atoms with Crippen molar-refractivity contribution in [1.82, 2.24) is 9.80 Å². The molecule has 0 bridgehead atoms. The Labute approximate surface area is 123 Å². The SMILES string of the molecule is CCN1CCN(C(CN)c2ccc(N(C)C)cc2)CC1. The van der Waals surface area contributed by atoms with E-state index in [1.54, 1.807) is 0 Å². The summed E-state index contributed by atoms with van der Waals surface area (Å²) in [5.41, 5.74) is 8.61. The lowest BCUT2D eigenvalue weighted by Gasteiger charge is -2.38. The average molecular weight is 276 g/mol. The van der Waals surface area contributed by atoms with E-state index >= 15 is 0 Å². The van der Waals surface area contributed by atoms with Crippen LogP contribution in [-0.4, -0.2) is 63.2 Å². The Balaban J connectivity index is 2.04. The zero-order chi connectivity index (χ0) is 14.5. The molecule has 4 nitrogen and oxygen atoms in total. The van der Waals surface area contributed by atoms with Crippen molar-refractivity contribution < 1.29 is 0 Å². The topological polar surface area (TPSA) is 35.7 Å². The smallest absolute Gasteiger partial charge is 0.0471 e. The molecule has 0 aromatic heterocycles. The monoisotopic (exact) mass is 276 g/mol. The number of hydrogen-bond donors (Lipinski definition) is 1. The number of piperazine rings is 1. The van der Waals surface area contributed by atoms with E-state index in [4.69, 9.17) is 5.73 Å². The zero-order valence-corrected chi connectivity index (χ0v) is 13.0. The Hall–Kier alpha value is -1.10. The van der Waals surface area contributed by atoms with Crippen LogP contribution < -0.4 is 10.6 Å². The van der Waals surface area contributed by atoms with Crippen LogP contribution in [0.1, 0.15) is 18.5 Å². The van der Waals surface area contributed by atoms with Crippen molar-refractivity contribution >= 4 is 5.69 Å². The molecule has 1 aromatic rings. The summed E-state index contributed by atoms with van der Waals surface area (Å²) in [6.45, 7) is 8.62. The standard InChI is InChI=1S/C16H28N4/c1-4-19-9-11-20(12-10-19)16(13-17)14-5-7-15(8-6-14)18(2)3/h5-8,16H,4,9-13,17H2,1-3H3. The van der Waals surface area contributed by atoms with E-state index in [2.05, 4.69) is 60.0 Å². The number of anilines is 1. The lowest BCUT2D eigenvalue weighted by atomic mass is 10.0. The normalized spacial score (nSPS) is 19.0. The molecule has 4 heteroatoms. The van der Waals surface area contributed by atoms with Crippen LogP contribution in [0.15, 0.2) is 24.3 Å². The highest BCUT2D eigenvalue weighted by atomic mass is 15.3. The number of nitrogens with two attached hydrogens (primary N) is 1. The van der Waals surface area contributed by atoms with Crippen LogP contribution in [0.4, 0.5) is 5.69 Å². The van der Waals surface area contributed by atoms with Gasteiger partial charge < -0.3 is 15.5 Å². The highest BCUT2D eigenvalue weighted by molar-refractivity contribution is 5.46. The lowest BCUT2D eigenvalue weighted by molar-refractivity contribution is 0.102. The molecule has 1 aliphatic heterocycles. The van der Waals surface area contributed by atoms with Crippen molar-refractivity contribution in [3.05, 3.63) is 29.8 Å². The average Bonchev–Trinajstić information content (AvgIpc) is 2.49. The van der Waals surface area contributed by atoms with Gasteiger partial charge in [0.2, 0.25) is 0 Å². The van der Waals surface area contributed by atoms with Crippen molar-refractivity contribution in [2.75, 3.05) is 58.3 Å². The first-order chi connectivity index (χ1) is 9.65. The molecule has 1 atom stereocenters. The second kappa shape index (κ2) is 7.07. The van der Waals surface area contributed by atoms with Crippen LogP contribution in [0.3, 0.4) is 0 Å². The maximum atomic E-state index is 6.03. The summed E-state index contributed by atoms with van der Waals surface area (Å²) in [5.74, 6) is 0. The largest absolute Gasteiger partial charge is 0.378 e. The van der Waals surface area contributed by atoms with Gasteiger partial charge in [-0.05, 0) is 24.2 Å². The Kier molecular flexibility index (Phi) is 5.40. The number of likely N-dealkylation sites (N-methyl/N-ethyl adjacent to an activating group) is 1. The molecule has 0 aliphatic carbocycles. The van der Waals surface area contributed by atoms with Crippen LogP contribution in [0, 0.1) is 0 Å². The van der Waals surface area contributed by atoms with Gasteiger partial charge in [-0.15, -0.1) is 0 Å². The van der Waals surface area contributed by atoms with Crippen LogP contribution in [0.25, 0.3) is 0 Å². The number of nitrogens with zero attached hydrogens (tertiary/aromatic N) is 3. The molecule has 0 radical (unpaired) electrons. The summed E-state index contributed by atoms with van der Waals surface area (Å²) in [6, 6.07) is 9.16. The molecule has 0 spiro atoms. The minimum absolute atomic E-state index is 0.352. The molecule has 1 heterocycles. The third-order valence-electron chi connectivity index (χ3n) is 4.31. The second-order valence-corrected chi connectivity index (χ2v) is 5.71. The van der Waals surface area contributed by atoms with Gasteiger partial charge in [-0.2, -0.15) is 0 Å². The second-order valence-electron chi connectivity index (χ2n) is 5.71. The fourth-order valence-corrected chi connectivity index (χ4v) is 2.88. The van der Waals surface area contributed by atoms with Gasteiger partial charge in [0.15, 0.2) is 0 Å². The predicted octanol–water partition coefficient (Wildman–Crippen LogP) is 1.39. The lowest BCUT2D eigenvalue weighted by Crippen LogP contribution is -2.48. The Morgan fingerprint density at radius 3 is 2.15 bits per heavy atom. The first kappa shape index (κ1) is 15.3. The third-order valence-corrected chi connectivity index (χ3v) is 4.31. The summed E-state index contributed by atoms with van der Waals surface area (Å²) in [4.78, 5) is 7.15. The van der Waals surface area contributed by atoms with E-state index in [9.17, 15) is 0 Å². The van der Waals surface area contributed by atoms with Crippen molar-refractivity contribution in [3.63, 3.8) is 0 Å². The quantitative estimate of drug-likeness (QED) is 0.881. The molecular weight excluding hydrogens is 248 g/mol. The van der Waals surface area contributed by atoms with Crippen LogP contribution >= 0.6 is 0 Å². The van der Waals surface area contributed by atoms with Crippen molar-refractivity contribution in [3.8, 4) is 0 Å². The van der Waals surface area contributed by atoms with Gasteiger partial charge in [0.1, 0.15) is 0 Å². The molecule has 2 N–H and O–H groups in total. The predicted molar refractivity (Wildman–Crippen MR) is 86.3 cm³/mol. The van der Waals surface area contributed by atoms with E-state index < -0.39 is 0 Å². The Morgan fingerprint density at radius 2 is 1.70 bits per heavy atom. The van der Waals surface area contributed by atoms with Gasteiger partial charge in [-0.25, -0.2) is 0 Å². The molecule has 112 valence electrons. The summed E-state index contributed by atoms with van der Waals surface area (Å²) >= 11 is 0. The van der Waals surface area contributed by atoms with Gasteiger partial charge in [-0.1, -0.05) is 19.1 Å². The highest BCUT2D eigenvalue weighted by Gasteiger charge is 2.23. The van der Waals surface area contributed by atoms with Crippen LogP contribution in [0.2, 0.25) is 0 Å². The minimum Gasteiger partial charge on any atom is -0.378 e. The van der Waals surface area contributed by atoms with Gasteiger partial charge in [-0.3, -0.25) is 4.90 Å². The molecule has 0 saturated carbocycles. The summed E-state index contributed by atoms with van der Waals surface area (Å²) in [6.07, 6.45) is 0. The highest BCUT2D eigenvalue weighted by Crippen LogP contribution is 2.23. The van der Waals surface area contributed by atoms with Crippen LogP contribution in [0.5, 0.6) is 0 Å². The van der Waals surface area contributed by atoms with E-state index in [1.165, 1.54) is 11.3 Å². The van der Waals surface area contributed by atoms with Gasteiger partial charge in [0.25, 0.3) is 0 Å². The maximum Gasteiger partial charge on any atom is 0.0471 e. The number of rotatable bonds is 5. The molecule has 2 rings (SSSR count). The fraction of sp³-hybridized carbons (Fsp3) is 0.625. The number of hydrogen-bond acceptors (Lipinski definition) is 4. The summed E-state index contributed by atoms with van der Waals surface area (Å²) < 4.78 is 0. The Bertz CT molecular complexity index is 393. The maximum absolute atomic E-state index is 6.03. The summed E-state index contributed by atoms with van der Waals surface area (Å²) in [5, 5.41) is 0. The minimum atomic E-state index is 0.352.